The van der Waals surface area contributed by atoms with Crippen molar-refractivity contribution in [2.45, 2.75) is 30.8 Å². The number of fused-ring (bicyclic) bond motifs is 1. The summed E-state index contributed by atoms with van der Waals surface area (Å²) in [5, 5.41) is 9.59. The second-order valence-electron chi connectivity index (χ2n) is 6.51. The molecule has 3 rings (SSSR count). The van der Waals surface area contributed by atoms with Crippen molar-refractivity contribution in [3.63, 3.8) is 0 Å². The van der Waals surface area contributed by atoms with E-state index in [9.17, 15) is 23.1 Å². The zero-order valence-corrected chi connectivity index (χ0v) is 15.3. The SMILES string of the molecule is Cc1ccc(S(C)(=O)=O)cc1C(=O)N1Cc2ccccc2C[C@H]1C(=O)O. The molecular formula is C19H19NO5S. The minimum Gasteiger partial charge on any atom is -0.480 e. The molecule has 0 bridgehead atoms. The highest BCUT2D eigenvalue weighted by Crippen LogP contribution is 2.27. The minimum absolute atomic E-state index is 0.0377. The highest BCUT2D eigenvalue weighted by molar-refractivity contribution is 7.90. The molecule has 1 atom stereocenters. The van der Waals surface area contributed by atoms with Crippen molar-refractivity contribution in [2.75, 3.05) is 6.26 Å². The average molecular weight is 373 g/mol. The van der Waals surface area contributed by atoms with E-state index in [1.807, 2.05) is 24.3 Å². The Kier molecular flexibility index (Phi) is 4.58. The van der Waals surface area contributed by atoms with Gasteiger partial charge in [-0.2, -0.15) is 0 Å². The number of carbonyl (C=O) groups is 2. The Bertz CT molecular complexity index is 997. The van der Waals surface area contributed by atoms with Crippen molar-refractivity contribution in [3.05, 3.63) is 64.7 Å². The lowest BCUT2D eigenvalue weighted by molar-refractivity contribution is -0.142. The maximum Gasteiger partial charge on any atom is 0.326 e. The summed E-state index contributed by atoms with van der Waals surface area (Å²) in [7, 11) is -3.47. The molecule has 2 aromatic rings. The van der Waals surface area contributed by atoms with Crippen molar-refractivity contribution in [1.82, 2.24) is 4.90 Å². The Morgan fingerprint density at radius 3 is 2.38 bits per heavy atom. The van der Waals surface area contributed by atoms with Crippen LogP contribution in [-0.4, -0.2) is 42.6 Å². The molecule has 0 saturated heterocycles. The smallest absolute Gasteiger partial charge is 0.326 e. The molecule has 0 radical (unpaired) electrons. The number of aryl methyl sites for hydroxylation is 1. The molecule has 1 amide bonds. The molecule has 7 heteroatoms. The van der Waals surface area contributed by atoms with Crippen molar-refractivity contribution in [1.29, 1.82) is 0 Å². The van der Waals surface area contributed by atoms with Crippen LogP contribution in [0.25, 0.3) is 0 Å². The van der Waals surface area contributed by atoms with Crippen LogP contribution in [0.3, 0.4) is 0 Å². The van der Waals surface area contributed by atoms with Crippen molar-refractivity contribution >= 4 is 21.7 Å². The monoisotopic (exact) mass is 373 g/mol. The van der Waals surface area contributed by atoms with E-state index in [1.165, 1.54) is 17.0 Å². The first-order valence-corrected chi connectivity index (χ1v) is 9.99. The van der Waals surface area contributed by atoms with E-state index in [0.29, 0.717) is 5.56 Å². The number of carboxylic acids is 1. The third-order valence-electron chi connectivity index (χ3n) is 4.66. The van der Waals surface area contributed by atoms with Gasteiger partial charge in [-0.1, -0.05) is 30.3 Å². The van der Waals surface area contributed by atoms with Crippen LogP contribution >= 0.6 is 0 Å². The van der Waals surface area contributed by atoms with Crippen LogP contribution in [0, 0.1) is 6.92 Å². The Morgan fingerprint density at radius 1 is 1.12 bits per heavy atom. The molecular weight excluding hydrogens is 354 g/mol. The number of hydrogen-bond donors (Lipinski definition) is 1. The number of nitrogens with zero attached hydrogens (tertiary/aromatic N) is 1. The van der Waals surface area contributed by atoms with Crippen LogP contribution < -0.4 is 0 Å². The molecule has 26 heavy (non-hydrogen) atoms. The summed E-state index contributed by atoms with van der Waals surface area (Å²) in [6.07, 6.45) is 1.30. The number of hydrogen-bond acceptors (Lipinski definition) is 4. The number of carboxylic acid groups (broad SMARTS) is 1. The number of amides is 1. The predicted octanol–water partition coefficient (Wildman–Crippen LogP) is 2.05. The van der Waals surface area contributed by atoms with E-state index >= 15 is 0 Å². The maximum absolute atomic E-state index is 13.1. The molecule has 1 N–H and O–H groups in total. The van der Waals surface area contributed by atoms with Gasteiger partial charge in [-0.25, -0.2) is 13.2 Å². The van der Waals surface area contributed by atoms with Gasteiger partial charge in [0.15, 0.2) is 9.84 Å². The van der Waals surface area contributed by atoms with E-state index in [0.717, 1.165) is 17.4 Å². The standard InChI is InChI=1S/C19H19NO5S/c1-12-7-8-15(26(2,24)25)10-16(12)18(21)20-11-14-6-4-3-5-13(14)9-17(20)19(22)23/h3-8,10,17H,9,11H2,1-2H3,(H,22,23)/t17-/m0/s1. The van der Waals surface area contributed by atoms with Gasteiger partial charge in [0.05, 0.1) is 4.90 Å². The fraction of sp³-hybridized carbons (Fsp3) is 0.263. The zero-order valence-electron chi connectivity index (χ0n) is 14.5. The first kappa shape index (κ1) is 18.1. The van der Waals surface area contributed by atoms with Crippen LogP contribution in [0.4, 0.5) is 0 Å². The van der Waals surface area contributed by atoms with Crippen LogP contribution in [-0.2, 0) is 27.6 Å². The van der Waals surface area contributed by atoms with E-state index in [2.05, 4.69) is 0 Å². The van der Waals surface area contributed by atoms with Gasteiger partial charge in [0.25, 0.3) is 5.91 Å². The molecule has 1 aliphatic heterocycles. The van der Waals surface area contributed by atoms with Crippen LogP contribution in [0.15, 0.2) is 47.4 Å². The Hall–Kier alpha value is -2.67. The number of aliphatic carboxylic acids is 1. The molecule has 136 valence electrons. The molecule has 0 spiro atoms. The van der Waals surface area contributed by atoms with Gasteiger partial charge in [0, 0.05) is 24.8 Å². The lowest BCUT2D eigenvalue weighted by Gasteiger charge is -2.34. The van der Waals surface area contributed by atoms with Gasteiger partial charge in [-0.3, -0.25) is 4.79 Å². The third kappa shape index (κ3) is 3.35. The maximum atomic E-state index is 13.1. The summed E-state index contributed by atoms with van der Waals surface area (Å²) >= 11 is 0. The van der Waals surface area contributed by atoms with Crippen molar-refractivity contribution in [2.24, 2.45) is 0 Å². The lowest BCUT2D eigenvalue weighted by atomic mass is 9.93. The highest BCUT2D eigenvalue weighted by atomic mass is 32.2. The molecule has 1 aliphatic rings. The third-order valence-corrected chi connectivity index (χ3v) is 5.77. The fourth-order valence-electron chi connectivity index (χ4n) is 3.17. The second kappa shape index (κ2) is 6.57. The Labute approximate surface area is 152 Å². The number of sulfone groups is 1. The quantitative estimate of drug-likeness (QED) is 0.889. The first-order valence-electron chi connectivity index (χ1n) is 8.10. The molecule has 2 aromatic carbocycles. The zero-order chi connectivity index (χ0) is 19.1. The van der Waals surface area contributed by atoms with Crippen molar-refractivity contribution in [3.8, 4) is 0 Å². The van der Waals surface area contributed by atoms with Crippen LogP contribution in [0.2, 0.25) is 0 Å². The molecule has 0 aliphatic carbocycles. The molecule has 1 heterocycles. The van der Waals surface area contributed by atoms with Crippen LogP contribution in [0.1, 0.15) is 27.0 Å². The fourth-order valence-corrected chi connectivity index (χ4v) is 3.82. The summed E-state index contributed by atoms with van der Waals surface area (Å²) < 4.78 is 23.6. The van der Waals surface area contributed by atoms with Gasteiger partial charge in [0.1, 0.15) is 6.04 Å². The molecule has 0 unspecified atom stereocenters. The summed E-state index contributed by atoms with van der Waals surface area (Å²) in [5.74, 6) is -1.56. The summed E-state index contributed by atoms with van der Waals surface area (Å²) in [5.41, 5.74) is 2.62. The second-order valence-corrected chi connectivity index (χ2v) is 8.52. The van der Waals surface area contributed by atoms with Gasteiger partial charge in [-0.05, 0) is 35.7 Å². The summed E-state index contributed by atoms with van der Waals surface area (Å²) in [6, 6.07) is 10.8. The topological polar surface area (TPSA) is 91.8 Å². The van der Waals surface area contributed by atoms with Gasteiger partial charge in [0.2, 0.25) is 0 Å². The van der Waals surface area contributed by atoms with E-state index in [1.54, 1.807) is 13.0 Å². The number of benzene rings is 2. The Balaban J connectivity index is 2.05. The summed E-state index contributed by atoms with van der Waals surface area (Å²) in [6.45, 7) is 1.88. The lowest BCUT2D eigenvalue weighted by Crippen LogP contribution is -2.48. The molecule has 0 saturated carbocycles. The molecule has 6 nitrogen and oxygen atoms in total. The van der Waals surface area contributed by atoms with E-state index in [-0.39, 0.29) is 23.4 Å². The minimum atomic E-state index is -3.47. The van der Waals surface area contributed by atoms with E-state index in [4.69, 9.17) is 0 Å². The predicted molar refractivity (Wildman–Crippen MR) is 95.7 cm³/mol. The van der Waals surface area contributed by atoms with Gasteiger partial charge >= 0.3 is 5.97 Å². The summed E-state index contributed by atoms with van der Waals surface area (Å²) in [4.78, 5) is 26.2. The van der Waals surface area contributed by atoms with Gasteiger partial charge in [-0.15, -0.1) is 0 Å². The molecule has 0 aromatic heterocycles. The largest absolute Gasteiger partial charge is 0.480 e. The van der Waals surface area contributed by atoms with Crippen LogP contribution in [0.5, 0.6) is 0 Å². The highest BCUT2D eigenvalue weighted by Gasteiger charge is 2.35. The van der Waals surface area contributed by atoms with Crippen molar-refractivity contribution < 1.29 is 23.1 Å². The normalized spacial score (nSPS) is 16.8. The van der Waals surface area contributed by atoms with E-state index < -0.39 is 27.8 Å². The Morgan fingerprint density at radius 2 is 1.77 bits per heavy atom. The van der Waals surface area contributed by atoms with Gasteiger partial charge < -0.3 is 10.0 Å². The molecule has 0 fully saturated rings. The first-order chi connectivity index (χ1) is 12.2. The number of rotatable bonds is 3. The number of carbonyl (C=O) groups excluding carboxylic acids is 1. The average Bonchev–Trinajstić information content (AvgIpc) is 2.59.